The number of nitrogens with zero attached hydrogens (tertiary/aromatic N) is 2. The number of sulfonamides is 1. The fourth-order valence-electron chi connectivity index (χ4n) is 4.68. The maximum Gasteiger partial charge on any atom is 0.244 e. The number of anilines is 1. The van der Waals surface area contributed by atoms with E-state index in [0.717, 1.165) is 45.7 Å². The topological polar surface area (TPSA) is 86.8 Å². The molecule has 0 aromatic heterocycles. The van der Waals surface area contributed by atoms with Gasteiger partial charge in [-0.25, -0.2) is 8.42 Å². The second-order valence-corrected chi connectivity index (χ2v) is 12.0. The van der Waals surface area contributed by atoms with Crippen molar-refractivity contribution in [2.24, 2.45) is 0 Å². The first kappa shape index (κ1) is 30.9. The van der Waals surface area contributed by atoms with Crippen molar-refractivity contribution >= 4 is 27.5 Å². The lowest BCUT2D eigenvalue weighted by Crippen LogP contribution is -2.53. The first-order valence-corrected chi connectivity index (χ1v) is 15.7. The molecule has 0 radical (unpaired) electrons. The second-order valence-electron chi connectivity index (χ2n) is 10.1. The number of aryl methyl sites for hydroxylation is 2. The van der Waals surface area contributed by atoms with E-state index in [0.29, 0.717) is 25.1 Å². The van der Waals surface area contributed by atoms with Crippen LogP contribution in [0.25, 0.3) is 0 Å². The molecule has 214 valence electrons. The summed E-state index contributed by atoms with van der Waals surface area (Å²) in [5, 5.41) is 3.01. The highest BCUT2D eigenvalue weighted by molar-refractivity contribution is 7.92. The van der Waals surface area contributed by atoms with Crippen LogP contribution in [-0.4, -0.2) is 50.5 Å². The molecule has 1 N–H and O–H groups in total. The molecule has 8 heteroatoms. The first-order chi connectivity index (χ1) is 19.2. The van der Waals surface area contributed by atoms with E-state index in [9.17, 15) is 18.0 Å². The molecule has 0 saturated heterocycles. The molecule has 3 rings (SSSR count). The quantitative estimate of drug-likeness (QED) is 0.283. The van der Waals surface area contributed by atoms with Crippen molar-refractivity contribution < 1.29 is 18.0 Å². The molecule has 0 bridgehead atoms. The summed E-state index contributed by atoms with van der Waals surface area (Å²) in [4.78, 5) is 29.4. The summed E-state index contributed by atoms with van der Waals surface area (Å²) in [6, 6.07) is 23.7. The lowest BCUT2D eigenvalue weighted by molar-refractivity contribution is -0.140. The van der Waals surface area contributed by atoms with Crippen molar-refractivity contribution in [2.45, 2.75) is 59.0 Å². The van der Waals surface area contributed by atoms with Crippen molar-refractivity contribution in [3.8, 4) is 0 Å². The van der Waals surface area contributed by atoms with Crippen LogP contribution in [0.5, 0.6) is 0 Å². The largest absolute Gasteiger partial charge is 0.354 e. The van der Waals surface area contributed by atoms with Crippen molar-refractivity contribution in [3.63, 3.8) is 0 Å². The molecule has 0 aliphatic carbocycles. The molecule has 0 heterocycles. The average Bonchev–Trinajstić information content (AvgIpc) is 2.94. The van der Waals surface area contributed by atoms with Gasteiger partial charge in [0.05, 0.1) is 11.9 Å². The monoisotopic (exact) mass is 563 g/mol. The molecule has 2 amide bonds. The molecule has 3 aromatic carbocycles. The van der Waals surface area contributed by atoms with Crippen LogP contribution < -0.4 is 9.62 Å². The van der Waals surface area contributed by atoms with Crippen LogP contribution in [0.15, 0.2) is 78.9 Å². The molecule has 1 atom stereocenters. The Hall–Kier alpha value is -3.65. The third kappa shape index (κ3) is 8.42. The normalized spacial score (nSPS) is 12.0. The van der Waals surface area contributed by atoms with Gasteiger partial charge in [0.25, 0.3) is 0 Å². The van der Waals surface area contributed by atoms with Crippen LogP contribution >= 0.6 is 0 Å². The van der Waals surface area contributed by atoms with Gasteiger partial charge in [-0.15, -0.1) is 0 Å². The van der Waals surface area contributed by atoms with E-state index in [1.807, 2.05) is 80.6 Å². The van der Waals surface area contributed by atoms with E-state index in [1.54, 1.807) is 17.0 Å². The molecule has 0 unspecified atom stereocenters. The first-order valence-electron chi connectivity index (χ1n) is 13.9. The van der Waals surface area contributed by atoms with Crippen LogP contribution in [0.4, 0.5) is 5.69 Å². The van der Waals surface area contributed by atoms with Crippen LogP contribution in [0.1, 0.15) is 48.9 Å². The highest BCUT2D eigenvalue weighted by Gasteiger charge is 2.33. The number of hydrogen-bond donors (Lipinski definition) is 1. The fourth-order valence-corrected chi connectivity index (χ4v) is 5.56. The highest BCUT2D eigenvalue weighted by Crippen LogP contribution is 2.25. The summed E-state index contributed by atoms with van der Waals surface area (Å²) >= 11 is 0. The molecular formula is C32H41N3O4S. The molecule has 3 aromatic rings. The Bertz CT molecular complexity index is 1380. The van der Waals surface area contributed by atoms with Gasteiger partial charge >= 0.3 is 0 Å². The van der Waals surface area contributed by atoms with Gasteiger partial charge < -0.3 is 10.2 Å². The number of hydrogen-bond acceptors (Lipinski definition) is 4. The zero-order valence-electron chi connectivity index (χ0n) is 24.0. The summed E-state index contributed by atoms with van der Waals surface area (Å²) in [7, 11) is -3.80. The number of nitrogens with one attached hydrogen (secondary N) is 1. The fraction of sp³-hybridized carbons (Fsp3) is 0.375. The zero-order valence-corrected chi connectivity index (χ0v) is 24.8. The summed E-state index contributed by atoms with van der Waals surface area (Å²) in [6.45, 7) is 6.24. The van der Waals surface area contributed by atoms with Crippen LogP contribution in [0.2, 0.25) is 0 Å². The van der Waals surface area contributed by atoms with E-state index >= 15 is 0 Å². The Balaban J connectivity index is 2.06. The van der Waals surface area contributed by atoms with Gasteiger partial charge in [-0.3, -0.25) is 13.9 Å². The Labute approximate surface area is 239 Å². The maximum absolute atomic E-state index is 14.2. The van der Waals surface area contributed by atoms with Gasteiger partial charge in [-0.05, 0) is 48.1 Å². The zero-order chi connectivity index (χ0) is 29.1. The smallest absolute Gasteiger partial charge is 0.244 e. The SMILES string of the molecule is CCCCNC(=O)[C@@H](Cc1ccccc1)N(Cc1ccccc1C)C(=O)CN(c1ccccc1CC)S(C)(=O)=O. The number of unbranched alkanes of at least 4 members (excludes halogenated alkanes) is 1. The molecule has 40 heavy (non-hydrogen) atoms. The Morgan fingerprint density at radius 2 is 1.50 bits per heavy atom. The number of carbonyl (C=O) groups is 2. The third-order valence-corrected chi connectivity index (χ3v) is 8.15. The number of para-hydroxylation sites is 1. The van der Waals surface area contributed by atoms with E-state index in [4.69, 9.17) is 0 Å². The van der Waals surface area contributed by atoms with Crippen molar-refractivity contribution in [3.05, 3.63) is 101 Å². The lowest BCUT2D eigenvalue weighted by atomic mass is 10.0. The van der Waals surface area contributed by atoms with E-state index < -0.39 is 28.5 Å². The summed E-state index contributed by atoms with van der Waals surface area (Å²) in [5.74, 6) is -0.690. The van der Waals surface area contributed by atoms with E-state index in [-0.39, 0.29) is 12.5 Å². The van der Waals surface area contributed by atoms with Gasteiger partial charge in [0.15, 0.2) is 0 Å². The summed E-state index contributed by atoms with van der Waals surface area (Å²) in [6.07, 6.45) is 3.78. The number of carbonyl (C=O) groups excluding carboxylic acids is 2. The third-order valence-electron chi connectivity index (χ3n) is 7.02. The van der Waals surface area contributed by atoms with Gasteiger partial charge in [-0.2, -0.15) is 0 Å². The number of rotatable bonds is 14. The number of amides is 2. The minimum absolute atomic E-state index is 0.178. The van der Waals surface area contributed by atoms with Gasteiger partial charge in [0, 0.05) is 19.5 Å². The molecule has 0 aliphatic heterocycles. The van der Waals surface area contributed by atoms with E-state index in [1.165, 1.54) is 0 Å². The Morgan fingerprint density at radius 1 is 0.875 bits per heavy atom. The molecule has 0 aliphatic rings. The van der Waals surface area contributed by atoms with Gasteiger partial charge in [-0.1, -0.05) is 93.1 Å². The van der Waals surface area contributed by atoms with Crippen molar-refractivity contribution in [1.29, 1.82) is 0 Å². The van der Waals surface area contributed by atoms with Crippen LogP contribution in [-0.2, 0) is 39.0 Å². The average molecular weight is 564 g/mol. The maximum atomic E-state index is 14.2. The predicted octanol–water partition coefficient (Wildman–Crippen LogP) is 4.88. The van der Waals surface area contributed by atoms with Crippen molar-refractivity contribution in [1.82, 2.24) is 10.2 Å². The number of benzene rings is 3. The standard InChI is InChI=1S/C32H41N3O4S/c1-5-7-21-33-32(37)30(22-26-16-9-8-10-17-26)34(23-28-19-12-11-15-25(28)3)31(36)24-35(40(4,38)39)29-20-14-13-18-27(29)6-2/h8-20,30H,5-7,21-24H2,1-4H3,(H,33,37)/t30-/m1/s1. The summed E-state index contributed by atoms with van der Waals surface area (Å²) in [5.41, 5.74) is 4.10. The Kier molecular flexibility index (Phi) is 11.3. The van der Waals surface area contributed by atoms with Crippen LogP contribution in [0.3, 0.4) is 0 Å². The molecule has 0 fully saturated rings. The van der Waals surface area contributed by atoms with Crippen LogP contribution in [0, 0.1) is 6.92 Å². The highest BCUT2D eigenvalue weighted by atomic mass is 32.2. The molecular weight excluding hydrogens is 522 g/mol. The predicted molar refractivity (Wildman–Crippen MR) is 162 cm³/mol. The molecule has 7 nitrogen and oxygen atoms in total. The minimum atomic E-state index is -3.80. The lowest BCUT2D eigenvalue weighted by Gasteiger charge is -2.34. The molecule has 0 saturated carbocycles. The van der Waals surface area contributed by atoms with Gasteiger partial charge in [0.1, 0.15) is 12.6 Å². The second kappa shape index (κ2) is 14.7. The van der Waals surface area contributed by atoms with Gasteiger partial charge in [0.2, 0.25) is 21.8 Å². The Morgan fingerprint density at radius 3 is 2.12 bits per heavy atom. The van der Waals surface area contributed by atoms with Crippen molar-refractivity contribution in [2.75, 3.05) is 23.7 Å². The molecule has 0 spiro atoms. The minimum Gasteiger partial charge on any atom is -0.354 e. The summed E-state index contributed by atoms with van der Waals surface area (Å²) < 4.78 is 27.2. The van der Waals surface area contributed by atoms with E-state index in [2.05, 4.69) is 12.2 Å².